The van der Waals surface area contributed by atoms with Gasteiger partial charge in [0.2, 0.25) is 5.91 Å². The van der Waals surface area contributed by atoms with Gasteiger partial charge in [-0.05, 0) is 64.2 Å². The Morgan fingerprint density at radius 1 is 0.542 bits per heavy atom. The molecule has 0 aromatic heterocycles. The lowest BCUT2D eigenvalue weighted by atomic mass is 10.00. The average molecular weight is 678 g/mol. The molecule has 0 spiro atoms. The molecule has 0 saturated carbocycles. The molecule has 48 heavy (non-hydrogen) atoms. The van der Waals surface area contributed by atoms with Crippen molar-refractivity contribution in [1.82, 2.24) is 5.32 Å². The molecule has 6 heteroatoms. The lowest BCUT2D eigenvalue weighted by Crippen LogP contribution is -2.53. The molecule has 4 unspecified atom stereocenters. The van der Waals surface area contributed by atoms with Crippen molar-refractivity contribution < 1.29 is 25.2 Å². The van der Waals surface area contributed by atoms with Crippen LogP contribution in [0.2, 0.25) is 0 Å². The molecule has 0 heterocycles. The summed E-state index contributed by atoms with van der Waals surface area (Å²) in [6, 6.07) is -1.000. The summed E-state index contributed by atoms with van der Waals surface area (Å²) in [4.78, 5) is 12.5. The highest BCUT2D eigenvalue weighted by Crippen LogP contribution is 2.15. The highest BCUT2D eigenvalue weighted by molar-refractivity contribution is 5.80. The zero-order valence-electron chi connectivity index (χ0n) is 31.5. The summed E-state index contributed by atoms with van der Waals surface area (Å²) in [7, 11) is 0. The maximum atomic E-state index is 12.5. The zero-order chi connectivity index (χ0) is 35.3. The number of amides is 1. The van der Waals surface area contributed by atoms with Crippen LogP contribution < -0.4 is 5.32 Å². The molecule has 0 radical (unpaired) electrons. The van der Waals surface area contributed by atoms with E-state index >= 15 is 0 Å². The molecule has 0 fully saturated rings. The predicted molar refractivity (Wildman–Crippen MR) is 205 cm³/mol. The van der Waals surface area contributed by atoms with Crippen molar-refractivity contribution >= 4 is 5.91 Å². The summed E-state index contributed by atoms with van der Waals surface area (Å²) in [6.45, 7) is 3.91. The van der Waals surface area contributed by atoms with Crippen molar-refractivity contribution in [2.24, 2.45) is 0 Å². The lowest BCUT2D eigenvalue weighted by Gasteiger charge is -2.27. The summed E-state index contributed by atoms with van der Waals surface area (Å²) in [5.41, 5.74) is 0. The summed E-state index contributed by atoms with van der Waals surface area (Å²) in [5, 5.41) is 43.5. The summed E-state index contributed by atoms with van der Waals surface area (Å²) < 4.78 is 0. The minimum atomic E-state index is -1.28. The SMILES string of the molecule is CC/C=C\C/C=C\CCCCCCCCCCCCCCCC(O)C(=O)NC(CO)C(O)C(O)CCC/C=C/CCCCCCCCC. The van der Waals surface area contributed by atoms with Crippen molar-refractivity contribution in [3.63, 3.8) is 0 Å². The fraction of sp³-hybridized carbons (Fsp3) is 0.833. The van der Waals surface area contributed by atoms with Crippen LogP contribution in [0, 0.1) is 0 Å². The molecule has 0 aliphatic carbocycles. The van der Waals surface area contributed by atoms with Gasteiger partial charge in [0, 0.05) is 0 Å². The zero-order valence-corrected chi connectivity index (χ0v) is 31.5. The van der Waals surface area contributed by atoms with E-state index in [1.807, 2.05) is 0 Å². The Bertz CT molecular complexity index is 767. The number of hydrogen-bond donors (Lipinski definition) is 5. The van der Waals surface area contributed by atoms with E-state index in [9.17, 15) is 25.2 Å². The minimum Gasteiger partial charge on any atom is -0.394 e. The van der Waals surface area contributed by atoms with Crippen LogP contribution in [0.1, 0.15) is 194 Å². The van der Waals surface area contributed by atoms with Crippen molar-refractivity contribution in [2.45, 2.75) is 218 Å². The van der Waals surface area contributed by atoms with Gasteiger partial charge in [-0.1, -0.05) is 166 Å². The van der Waals surface area contributed by atoms with Gasteiger partial charge >= 0.3 is 0 Å². The molecule has 0 aliphatic rings. The number of carbonyl (C=O) groups is 1. The molecule has 6 nitrogen and oxygen atoms in total. The molecule has 0 aliphatic heterocycles. The van der Waals surface area contributed by atoms with E-state index in [1.54, 1.807) is 0 Å². The molecule has 0 saturated heterocycles. The Labute approximate surface area is 297 Å². The fourth-order valence-electron chi connectivity index (χ4n) is 6.09. The predicted octanol–water partition coefficient (Wildman–Crippen LogP) is 10.2. The standard InChI is InChI=1S/C42H79NO5/c1-3-5-7-9-11-13-15-17-18-19-20-21-22-23-24-26-28-30-32-34-36-40(46)42(48)43-38(37-44)41(47)39(45)35-33-31-29-27-25-16-14-12-10-8-6-4-2/h5,7,11,13,27,29,38-41,44-47H,3-4,6,8-10,12,14-26,28,30-37H2,1-2H3,(H,43,48)/b7-5-,13-11-,29-27+. The van der Waals surface area contributed by atoms with Gasteiger partial charge in [-0.15, -0.1) is 0 Å². The van der Waals surface area contributed by atoms with Gasteiger partial charge in [0.15, 0.2) is 0 Å². The Morgan fingerprint density at radius 3 is 1.48 bits per heavy atom. The van der Waals surface area contributed by atoms with Crippen LogP contribution in [0.3, 0.4) is 0 Å². The molecule has 0 rings (SSSR count). The molecule has 282 valence electrons. The number of unbranched alkanes of at least 4 members (excludes halogenated alkanes) is 21. The fourth-order valence-corrected chi connectivity index (χ4v) is 6.09. The number of hydrogen-bond acceptors (Lipinski definition) is 5. The lowest BCUT2D eigenvalue weighted by molar-refractivity contribution is -0.132. The molecular weight excluding hydrogens is 598 g/mol. The number of allylic oxidation sites excluding steroid dienone is 6. The van der Waals surface area contributed by atoms with Crippen molar-refractivity contribution in [2.75, 3.05) is 6.61 Å². The summed E-state index contributed by atoms with van der Waals surface area (Å²) in [5.74, 6) is -0.596. The normalized spacial score (nSPS) is 14.7. The van der Waals surface area contributed by atoms with Crippen LogP contribution in [-0.4, -0.2) is 57.3 Å². The van der Waals surface area contributed by atoms with E-state index < -0.39 is 36.9 Å². The maximum absolute atomic E-state index is 12.5. The van der Waals surface area contributed by atoms with E-state index in [0.717, 1.165) is 51.4 Å². The molecule has 0 aromatic carbocycles. The van der Waals surface area contributed by atoms with Gasteiger partial charge in [-0.3, -0.25) is 4.79 Å². The number of aliphatic hydroxyl groups is 4. The van der Waals surface area contributed by atoms with Crippen LogP contribution in [0.25, 0.3) is 0 Å². The molecule has 1 amide bonds. The van der Waals surface area contributed by atoms with E-state index in [2.05, 4.69) is 55.6 Å². The van der Waals surface area contributed by atoms with Gasteiger partial charge in [0.25, 0.3) is 0 Å². The molecule has 0 aromatic rings. The third-order valence-electron chi connectivity index (χ3n) is 9.33. The molecule has 4 atom stereocenters. The molecular formula is C42H79NO5. The first-order valence-electron chi connectivity index (χ1n) is 20.4. The van der Waals surface area contributed by atoms with Crippen LogP contribution in [0.15, 0.2) is 36.5 Å². The maximum Gasteiger partial charge on any atom is 0.249 e. The van der Waals surface area contributed by atoms with E-state index in [-0.39, 0.29) is 0 Å². The van der Waals surface area contributed by atoms with E-state index in [1.165, 1.54) is 116 Å². The van der Waals surface area contributed by atoms with Gasteiger partial charge in [0.05, 0.1) is 18.8 Å². The third kappa shape index (κ3) is 30.6. The number of nitrogens with one attached hydrogen (secondary N) is 1. The average Bonchev–Trinajstić information content (AvgIpc) is 3.09. The highest BCUT2D eigenvalue weighted by Gasteiger charge is 2.28. The second-order valence-corrected chi connectivity index (χ2v) is 13.9. The first-order chi connectivity index (χ1) is 23.5. The Morgan fingerprint density at radius 2 is 0.979 bits per heavy atom. The van der Waals surface area contributed by atoms with Gasteiger partial charge in [-0.25, -0.2) is 0 Å². The third-order valence-corrected chi connectivity index (χ3v) is 9.33. The topological polar surface area (TPSA) is 110 Å². The first-order valence-corrected chi connectivity index (χ1v) is 20.4. The first kappa shape index (κ1) is 46.5. The summed E-state index contributed by atoms with van der Waals surface area (Å²) >= 11 is 0. The Balaban J connectivity index is 3.76. The number of carbonyl (C=O) groups excluding carboxylic acids is 1. The van der Waals surface area contributed by atoms with Crippen LogP contribution in [0.4, 0.5) is 0 Å². The van der Waals surface area contributed by atoms with Crippen molar-refractivity contribution in [1.29, 1.82) is 0 Å². The van der Waals surface area contributed by atoms with Crippen molar-refractivity contribution in [3.05, 3.63) is 36.5 Å². The van der Waals surface area contributed by atoms with Crippen LogP contribution >= 0.6 is 0 Å². The quantitative estimate of drug-likeness (QED) is 0.0335. The van der Waals surface area contributed by atoms with Crippen LogP contribution in [-0.2, 0) is 4.79 Å². The van der Waals surface area contributed by atoms with E-state index in [0.29, 0.717) is 12.8 Å². The molecule has 0 bridgehead atoms. The van der Waals surface area contributed by atoms with Crippen molar-refractivity contribution in [3.8, 4) is 0 Å². The molecule has 5 N–H and O–H groups in total. The summed E-state index contributed by atoms with van der Waals surface area (Å²) in [6.07, 6.45) is 41.7. The monoisotopic (exact) mass is 678 g/mol. The second-order valence-electron chi connectivity index (χ2n) is 13.9. The largest absolute Gasteiger partial charge is 0.394 e. The number of rotatable bonds is 36. The second kappa shape index (κ2) is 36.8. The number of aliphatic hydroxyl groups excluding tert-OH is 4. The van der Waals surface area contributed by atoms with Gasteiger partial charge in [0.1, 0.15) is 12.2 Å². The van der Waals surface area contributed by atoms with Crippen LogP contribution in [0.5, 0.6) is 0 Å². The Kier molecular flexibility index (Phi) is 35.7. The van der Waals surface area contributed by atoms with Gasteiger partial charge in [-0.2, -0.15) is 0 Å². The van der Waals surface area contributed by atoms with E-state index in [4.69, 9.17) is 0 Å². The smallest absolute Gasteiger partial charge is 0.249 e. The van der Waals surface area contributed by atoms with Gasteiger partial charge < -0.3 is 25.7 Å². The Hall–Kier alpha value is -1.47. The minimum absolute atomic E-state index is 0.362. The highest BCUT2D eigenvalue weighted by atomic mass is 16.3.